The molecule has 24 heavy (non-hydrogen) atoms. The molecule has 0 aromatic heterocycles. The van der Waals surface area contributed by atoms with E-state index in [-0.39, 0.29) is 0 Å². The number of morpholine rings is 1. The summed E-state index contributed by atoms with van der Waals surface area (Å²) in [5, 5.41) is 5.06. The molecule has 1 aliphatic rings. The summed E-state index contributed by atoms with van der Waals surface area (Å²) in [6, 6.07) is 8.48. The van der Waals surface area contributed by atoms with E-state index < -0.39 is 11.8 Å². The van der Waals surface area contributed by atoms with Crippen LogP contribution in [-0.2, 0) is 20.7 Å². The van der Waals surface area contributed by atoms with Gasteiger partial charge in [0.25, 0.3) is 0 Å². The van der Waals surface area contributed by atoms with E-state index in [1.54, 1.807) is 0 Å². The van der Waals surface area contributed by atoms with Crippen LogP contribution >= 0.6 is 0 Å². The number of carbonyl (C=O) groups excluding carboxylic acids is 2. The standard InChI is InChI=1S/C18H25N3O3/c1-2-9-19-17(22)18(23)20-10-3-4-15-5-7-16(8-6-15)21-11-13-24-14-12-21/h2,5-8H,1,3-4,9-14H2,(H,19,22)(H,20,23). The third-order valence-corrected chi connectivity index (χ3v) is 3.85. The Bertz CT molecular complexity index is 551. The Morgan fingerprint density at radius 3 is 2.46 bits per heavy atom. The van der Waals surface area contributed by atoms with Gasteiger partial charge in [0.15, 0.2) is 0 Å². The number of rotatable bonds is 7. The van der Waals surface area contributed by atoms with E-state index in [0.29, 0.717) is 13.1 Å². The Balaban J connectivity index is 1.68. The van der Waals surface area contributed by atoms with Crippen molar-refractivity contribution in [2.24, 2.45) is 0 Å². The number of benzene rings is 1. The molecule has 130 valence electrons. The van der Waals surface area contributed by atoms with Gasteiger partial charge >= 0.3 is 11.8 Å². The molecule has 1 aromatic carbocycles. The fourth-order valence-electron chi connectivity index (χ4n) is 2.51. The van der Waals surface area contributed by atoms with Crippen LogP contribution in [0, 0.1) is 0 Å². The molecule has 0 bridgehead atoms. The first-order valence-corrected chi connectivity index (χ1v) is 8.29. The highest BCUT2D eigenvalue weighted by atomic mass is 16.5. The van der Waals surface area contributed by atoms with Crippen molar-refractivity contribution >= 4 is 17.5 Å². The maximum absolute atomic E-state index is 11.5. The van der Waals surface area contributed by atoms with E-state index in [1.165, 1.54) is 17.3 Å². The average Bonchev–Trinajstić information content (AvgIpc) is 2.64. The van der Waals surface area contributed by atoms with Crippen LogP contribution in [0.1, 0.15) is 12.0 Å². The van der Waals surface area contributed by atoms with Crippen molar-refractivity contribution in [2.75, 3.05) is 44.3 Å². The van der Waals surface area contributed by atoms with E-state index in [4.69, 9.17) is 4.74 Å². The summed E-state index contributed by atoms with van der Waals surface area (Å²) < 4.78 is 5.36. The number of aryl methyl sites for hydroxylation is 1. The minimum absolute atomic E-state index is 0.293. The van der Waals surface area contributed by atoms with Crippen molar-refractivity contribution in [1.82, 2.24) is 10.6 Å². The maximum atomic E-state index is 11.5. The van der Waals surface area contributed by atoms with Crippen molar-refractivity contribution in [3.8, 4) is 0 Å². The molecule has 0 atom stereocenters. The Hall–Kier alpha value is -2.34. The Morgan fingerprint density at radius 1 is 1.12 bits per heavy atom. The molecule has 1 fully saturated rings. The Labute approximate surface area is 142 Å². The van der Waals surface area contributed by atoms with Gasteiger partial charge in [-0.3, -0.25) is 9.59 Å². The van der Waals surface area contributed by atoms with Crippen LogP contribution in [0.4, 0.5) is 5.69 Å². The van der Waals surface area contributed by atoms with Crippen molar-refractivity contribution in [3.05, 3.63) is 42.5 Å². The summed E-state index contributed by atoms with van der Waals surface area (Å²) in [5.74, 6) is -1.22. The van der Waals surface area contributed by atoms with Crippen LogP contribution in [-0.4, -0.2) is 51.2 Å². The SMILES string of the molecule is C=CCNC(=O)C(=O)NCCCc1ccc(N2CCOCC2)cc1. The Kier molecular flexibility index (Phi) is 7.29. The summed E-state index contributed by atoms with van der Waals surface area (Å²) in [5.41, 5.74) is 2.44. The molecule has 6 nitrogen and oxygen atoms in total. The van der Waals surface area contributed by atoms with Crippen LogP contribution < -0.4 is 15.5 Å². The first-order valence-electron chi connectivity index (χ1n) is 8.29. The molecule has 0 radical (unpaired) electrons. The summed E-state index contributed by atoms with van der Waals surface area (Å²) in [6.07, 6.45) is 3.18. The average molecular weight is 331 g/mol. The quantitative estimate of drug-likeness (QED) is 0.442. The van der Waals surface area contributed by atoms with Gasteiger partial charge < -0.3 is 20.3 Å². The molecule has 6 heteroatoms. The fraction of sp³-hybridized carbons (Fsp3) is 0.444. The maximum Gasteiger partial charge on any atom is 0.309 e. The van der Waals surface area contributed by atoms with Gasteiger partial charge in [0.2, 0.25) is 0 Å². The predicted molar refractivity (Wildman–Crippen MR) is 94.0 cm³/mol. The normalized spacial score (nSPS) is 14.1. The second-order valence-electron chi connectivity index (χ2n) is 5.62. The van der Waals surface area contributed by atoms with Gasteiger partial charge in [-0.05, 0) is 30.5 Å². The number of carbonyl (C=O) groups is 2. The number of nitrogens with zero attached hydrogens (tertiary/aromatic N) is 1. The van der Waals surface area contributed by atoms with E-state index in [2.05, 4.69) is 46.4 Å². The number of nitrogens with one attached hydrogen (secondary N) is 2. The third-order valence-electron chi connectivity index (χ3n) is 3.85. The van der Waals surface area contributed by atoms with Crippen LogP contribution in [0.2, 0.25) is 0 Å². The van der Waals surface area contributed by atoms with Gasteiger partial charge in [0.05, 0.1) is 13.2 Å². The summed E-state index contributed by atoms with van der Waals surface area (Å²) in [7, 11) is 0. The monoisotopic (exact) mass is 331 g/mol. The molecule has 2 rings (SSSR count). The van der Waals surface area contributed by atoms with Gasteiger partial charge in [-0.1, -0.05) is 18.2 Å². The molecule has 1 aliphatic heterocycles. The lowest BCUT2D eigenvalue weighted by Gasteiger charge is -2.28. The lowest BCUT2D eigenvalue weighted by atomic mass is 10.1. The van der Waals surface area contributed by atoms with Gasteiger partial charge in [-0.25, -0.2) is 0 Å². The summed E-state index contributed by atoms with van der Waals surface area (Å²) in [6.45, 7) is 7.67. The summed E-state index contributed by atoms with van der Waals surface area (Å²) >= 11 is 0. The number of amides is 2. The highest BCUT2D eigenvalue weighted by Gasteiger charge is 2.12. The highest BCUT2D eigenvalue weighted by molar-refractivity contribution is 6.35. The van der Waals surface area contributed by atoms with E-state index in [0.717, 1.165) is 39.1 Å². The zero-order valence-corrected chi connectivity index (χ0v) is 13.9. The first-order chi connectivity index (χ1) is 11.7. The number of hydrogen-bond acceptors (Lipinski definition) is 4. The first kappa shape index (κ1) is 18.0. The van der Waals surface area contributed by atoms with Crippen LogP contribution in [0.3, 0.4) is 0 Å². The molecule has 0 saturated carbocycles. The minimum Gasteiger partial charge on any atom is -0.378 e. The zero-order chi connectivity index (χ0) is 17.2. The number of hydrogen-bond donors (Lipinski definition) is 2. The molecule has 1 heterocycles. The Morgan fingerprint density at radius 2 is 1.79 bits per heavy atom. The second kappa shape index (κ2) is 9.72. The van der Waals surface area contributed by atoms with Gasteiger partial charge in [0, 0.05) is 31.9 Å². The molecule has 0 spiro atoms. The van der Waals surface area contributed by atoms with Crippen molar-refractivity contribution in [2.45, 2.75) is 12.8 Å². The molecule has 1 aromatic rings. The molecular weight excluding hydrogens is 306 g/mol. The molecule has 1 saturated heterocycles. The van der Waals surface area contributed by atoms with E-state index >= 15 is 0 Å². The number of ether oxygens (including phenoxy) is 1. The number of anilines is 1. The predicted octanol–water partition coefficient (Wildman–Crippen LogP) is 0.874. The molecule has 2 amide bonds. The van der Waals surface area contributed by atoms with Crippen LogP contribution in [0.15, 0.2) is 36.9 Å². The van der Waals surface area contributed by atoms with Gasteiger partial charge in [-0.2, -0.15) is 0 Å². The van der Waals surface area contributed by atoms with Crippen molar-refractivity contribution < 1.29 is 14.3 Å². The smallest absolute Gasteiger partial charge is 0.309 e. The molecule has 0 unspecified atom stereocenters. The minimum atomic E-state index is -0.621. The molecule has 2 N–H and O–H groups in total. The lowest BCUT2D eigenvalue weighted by Crippen LogP contribution is -2.40. The lowest BCUT2D eigenvalue weighted by molar-refractivity contribution is -0.139. The van der Waals surface area contributed by atoms with Crippen molar-refractivity contribution in [3.63, 3.8) is 0 Å². The van der Waals surface area contributed by atoms with Crippen LogP contribution in [0.5, 0.6) is 0 Å². The van der Waals surface area contributed by atoms with Gasteiger partial charge in [-0.15, -0.1) is 6.58 Å². The largest absolute Gasteiger partial charge is 0.378 e. The molecule has 0 aliphatic carbocycles. The highest BCUT2D eigenvalue weighted by Crippen LogP contribution is 2.17. The fourth-order valence-corrected chi connectivity index (χ4v) is 2.51. The molecular formula is C18H25N3O3. The third kappa shape index (κ3) is 5.70. The summed E-state index contributed by atoms with van der Waals surface area (Å²) in [4.78, 5) is 25.2. The van der Waals surface area contributed by atoms with Crippen LogP contribution in [0.25, 0.3) is 0 Å². The topological polar surface area (TPSA) is 70.7 Å². The van der Waals surface area contributed by atoms with E-state index in [9.17, 15) is 9.59 Å². The van der Waals surface area contributed by atoms with Gasteiger partial charge in [0.1, 0.15) is 0 Å². The van der Waals surface area contributed by atoms with E-state index in [1.807, 2.05) is 0 Å². The zero-order valence-electron chi connectivity index (χ0n) is 13.9. The van der Waals surface area contributed by atoms with Crippen molar-refractivity contribution in [1.29, 1.82) is 0 Å². The second-order valence-corrected chi connectivity index (χ2v) is 5.62.